The van der Waals surface area contributed by atoms with E-state index in [1.54, 1.807) is 0 Å². The highest BCUT2D eigenvalue weighted by molar-refractivity contribution is 7.17. The van der Waals surface area contributed by atoms with Crippen LogP contribution >= 0.6 is 9.24 Å². The number of carbonyl (C=O) groups excluding carboxylic acids is 1. The van der Waals surface area contributed by atoms with E-state index in [1.807, 2.05) is 32.0 Å². The number of alkyl halides is 1. The molecule has 0 aliphatic rings. The highest BCUT2D eigenvalue weighted by Gasteiger charge is 2.17. The fraction of sp³-hybridized carbons (Fsp3) is 0.286. The lowest BCUT2D eigenvalue weighted by atomic mass is 10.0. The third-order valence-electron chi connectivity index (χ3n) is 4.23. The number of hydrogen-bond acceptors (Lipinski definition) is 3. The molecule has 146 valence electrons. The zero-order valence-corrected chi connectivity index (χ0v) is 16.8. The van der Waals surface area contributed by atoms with E-state index < -0.39 is 5.91 Å². The first-order valence-electron chi connectivity index (χ1n) is 8.78. The molecule has 0 saturated carbocycles. The van der Waals surface area contributed by atoms with E-state index in [4.69, 9.17) is 10.0 Å². The highest BCUT2D eigenvalue weighted by Crippen LogP contribution is 2.20. The van der Waals surface area contributed by atoms with Gasteiger partial charge >= 0.3 is 0 Å². The van der Waals surface area contributed by atoms with Crippen LogP contribution in [0.1, 0.15) is 19.4 Å². The van der Waals surface area contributed by atoms with Crippen LogP contribution in [0.2, 0.25) is 0 Å². The minimum atomic E-state index is -0.869. The van der Waals surface area contributed by atoms with Crippen LogP contribution in [0.3, 0.4) is 0 Å². The number of benzene rings is 2. The average molecular weight is 390 g/mol. The van der Waals surface area contributed by atoms with Crippen LogP contribution in [0.4, 0.5) is 4.39 Å². The maximum Gasteiger partial charge on any atom is 0.230 e. The number of nitrogens with one attached hydrogen (secondary N) is 2. The first-order chi connectivity index (χ1) is 13.0. The minimum Gasteiger partial charge on any atom is -0.310 e. The molecule has 1 amide bonds. The standard InChI is InChI=1S/C20H25FNP.CH3NO2/c1-15(20(21)23)16(2)22-14-6-7-17-10-12-19(13-11-17)18-8-4-3-5-9-18;3-1-2-4/h3-13,15-16,20,22H,14,23H2,1-2H3;1,4H,(H,2,3)/b7-6+;. The molecule has 2 aromatic rings. The van der Waals surface area contributed by atoms with Gasteiger partial charge < -0.3 is 5.32 Å². The smallest absolute Gasteiger partial charge is 0.230 e. The van der Waals surface area contributed by atoms with Crippen molar-refractivity contribution in [1.29, 1.82) is 0 Å². The molecule has 4 nitrogen and oxygen atoms in total. The van der Waals surface area contributed by atoms with Crippen LogP contribution in [-0.2, 0) is 4.79 Å². The number of amides is 1. The van der Waals surface area contributed by atoms with Gasteiger partial charge in [0.2, 0.25) is 6.41 Å². The first kappa shape index (κ1) is 23.0. The molecule has 0 bridgehead atoms. The molecule has 0 saturated heterocycles. The number of rotatable bonds is 8. The Labute approximate surface area is 163 Å². The van der Waals surface area contributed by atoms with Crippen LogP contribution < -0.4 is 10.8 Å². The summed E-state index contributed by atoms with van der Waals surface area (Å²) in [7, 11) is 2.23. The monoisotopic (exact) mass is 390 g/mol. The normalized spacial score (nSPS) is 14.0. The quantitative estimate of drug-likeness (QED) is 0.273. The fourth-order valence-corrected chi connectivity index (χ4v) is 2.66. The fourth-order valence-electron chi connectivity index (χ4n) is 2.33. The summed E-state index contributed by atoms with van der Waals surface area (Å²) in [6, 6.07) is 19.0. The number of hydroxylamine groups is 1. The van der Waals surface area contributed by atoms with Crippen LogP contribution in [0, 0.1) is 5.92 Å². The van der Waals surface area contributed by atoms with Gasteiger partial charge in [-0.15, -0.1) is 9.24 Å². The van der Waals surface area contributed by atoms with Gasteiger partial charge in [-0.1, -0.05) is 73.7 Å². The largest absolute Gasteiger partial charge is 0.310 e. The van der Waals surface area contributed by atoms with Crippen LogP contribution in [0.15, 0.2) is 60.7 Å². The summed E-state index contributed by atoms with van der Waals surface area (Å²) in [4.78, 5) is 8.81. The Hall–Kier alpha value is -2.07. The number of hydrogen-bond donors (Lipinski definition) is 3. The predicted octanol–water partition coefficient (Wildman–Crippen LogP) is 4.27. The van der Waals surface area contributed by atoms with E-state index in [0.717, 1.165) is 6.54 Å². The molecule has 2 aromatic carbocycles. The molecule has 6 heteroatoms. The summed E-state index contributed by atoms with van der Waals surface area (Å²) in [6.45, 7) is 4.68. The van der Waals surface area contributed by atoms with E-state index in [1.165, 1.54) is 22.2 Å². The molecule has 3 N–H and O–H groups in total. The molecule has 0 heterocycles. The Balaban J connectivity index is 0.000000828. The molecular formula is C21H28FN2O2P. The van der Waals surface area contributed by atoms with Gasteiger partial charge in [0.15, 0.2) is 0 Å². The van der Waals surface area contributed by atoms with E-state index in [0.29, 0.717) is 0 Å². The summed E-state index contributed by atoms with van der Waals surface area (Å²) in [5.74, 6) is -0.884. The molecule has 27 heavy (non-hydrogen) atoms. The van der Waals surface area contributed by atoms with Gasteiger partial charge in [-0.25, -0.2) is 9.87 Å². The van der Waals surface area contributed by atoms with Gasteiger partial charge in [-0.3, -0.25) is 10.0 Å². The van der Waals surface area contributed by atoms with Crippen molar-refractivity contribution in [3.05, 3.63) is 66.2 Å². The predicted molar refractivity (Wildman–Crippen MR) is 113 cm³/mol. The second-order valence-electron chi connectivity index (χ2n) is 6.14. The molecule has 0 fully saturated rings. The summed E-state index contributed by atoms with van der Waals surface area (Å²) in [6.07, 6.45) is 4.35. The summed E-state index contributed by atoms with van der Waals surface area (Å²) in [5.41, 5.74) is 4.87. The second-order valence-corrected chi connectivity index (χ2v) is 6.77. The molecular weight excluding hydrogens is 362 g/mol. The molecule has 2 rings (SSSR count). The number of carbonyl (C=O) groups is 1. The Kier molecular flexibility index (Phi) is 11.2. The lowest BCUT2D eigenvalue weighted by Gasteiger charge is -2.21. The van der Waals surface area contributed by atoms with Crippen molar-refractivity contribution in [3.8, 4) is 11.1 Å². The van der Waals surface area contributed by atoms with Crippen molar-refractivity contribution in [2.45, 2.75) is 25.8 Å². The maximum atomic E-state index is 13.2. The summed E-state index contributed by atoms with van der Waals surface area (Å²) >= 11 is 0. The molecule has 4 unspecified atom stereocenters. The van der Waals surface area contributed by atoms with Crippen molar-refractivity contribution in [1.82, 2.24) is 10.8 Å². The molecule has 0 aliphatic carbocycles. The summed E-state index contributed by atoms with van der Waals surface area (Å²) < 4.78 is 13.2. The molecule has 0 aliphatic heterocycles. The Morgan fingerprint density at radius 2 is 1.63 bits per heavy atom. The van der Waals surface area contributed by atoms with Gasteiger partial charge in [0.05, 0.1) is 0 Å². The third-order valence-corrected chi connectivity index (χ3v) is 4.84. The Bertz CT molecular complexity index is 678. The van der Waals surface area contributed by atoms with Crippen LogP contribution in [-0.4, -0.2) is 30.1 Å². The number of halogens is 1. The maximum absolute atomic E-state index is 13.2. The van der Waals surface area contributed by atoms with Gasteiger partial charge in [-0.2, -0.15) is 0 Å². The van der Waals surface area contributed by atoms with Crippen molar-refractivity contribution in [3.63, 3.8) is 0 Å². The minimum absolute atomic E-state index is 0.0152. The van der Waals surface area contributed by atoms with E-state index in [9.17, 15) is 4.39 Å². The Morgan fingerprint density at radius 3 is 2.15 bits per heavy atom. The zero-order valence-electron chi connectivity index (χ0n) is 15.7. The van der Waals surface area contributed by atoms with Crippen molar-refractivity contribution in [2.24, 2.45) is 5.92 Å². The van der Waals surface area contributed by atoms with E-state index >= 15 is 0 Å². The second kappa shape index (κ2) is 13.2. The van der Waals surface area contributed by atoms with Gasteiger partial charge in [-0.05, 0) is 23.6 Å². The molecule has 0 aromatic heterocycles. The van der Waals surface area contributed by atoms with Crippen molar-refractivity contribution in [2.75, 3.05) is 6.54 Å². The van der Waals surface area contributed by atoms with Gasteiger partial charge in [0, 0.05) is 18.5 Å². The average Bonchev–Trinajstić information content (AvgIpc) is 2.71. The van der Waals surface area contributed by atoms with Gasteiger partial charge in [0.25, 0.3) is 0 Å². The van der Waals surface area contributed by atoms with Gasteiger partial charge in [0.1, 0.15) is 5.91 Å². The van der Waals surface area contributed by atoms with E-state index in [2.05, 4.69) is 63.1 Å². The SMILES string of the molecule is CC(NC/C=C/c1ccc(-c2ccccc2)cc1)C(C)C(F)P.O=CNO. The van der Waals surface area contributed by atoms with Crippen molar-refractivity contribution >= 4 is 21.7 Å². The molecule has 4 atom stereocenters. The Morgan fingerprint density at radius 1 is 1.07 bits per heavy atom. The molecule has 0 spiro atoms. The summed E-state index contributed by atoms with van der Waals surface area (Å²) in [5, 5.41) is 10.6. The van der Waals surface area contributed by atoms with E-state index in [-0.39, 0.29) is 18.4 Å². The molecule has 0 radical (unpaired) electrons. The zero-order chi connectivity index (χ0) is 20.1. The highest BCUT2D eigenvalue weighted by atomic mass is 31.0. The topological polar surface area (TPSA) is 61.4 Å². The van der Waals surface area contributed by atoms with Crippen LogP contribution in [0.25, 0.3) is 17.2 Å². The first-order valence-corrected chi connectivity index (χ1v) is 9.44. The van der Waals surface area contributed by atoms with Crippen molar-refractivity contribution < 1.29 is 14.4 Å². The lowest BCUT2D eigenvalue weighted by molar-refractivity contribution is -0.116. The van der Waals surface area contributed by atoms with Crippen LogP contribution in [0.5, 0.6) is 0 Å². The third kappa shape index (κ3) is 8.91. The lowest BCUT2D eigenvalue weighted by Crippen LogP contribution is -2.35.